The fourth-order valence-electron chi connectivity index (χ4n) is 2.82. The summed E-state index contributed by atoms with van der Waals surface area (Å²) in [7, 11) is 0. The highest BCUT2D eigenvalue weighted by atomic mass is 16.1. The molecule has 0 amide bonds. The van der Waals surface area contributed by atoms with E-state index >= 15 is 0 Å². The van der Waals surface area contributed by atoms with Gasteiger partial charge in [-0.05, 0) is 16.5 Å². The van der Waals surface area contributed by atoms with Gasteiger partial charge in [0.25, 0.3) is 0 Å². The Hall–Kier alpha value is -2.45. The van der Waals surface area contributed by atoms with E-state index in [0.29, 0.717) is 0 Å². The highest BCUT2D eigenvalue weighted by Gasteiger charge is 2.23. The average molecular weight is 248 g/mol. The van der Waals surface area contributed by atoms with Gasteiger partial charge in [-0.1, -0.05) is 60.7 Å². The number of carbonyl (C=O) groups is 1. The molecule has 0 fully saturated rings. The van der Waals surface area contributed by atoms with Crippen molar-refractivity contribution in [2.24, 2.45) is 0 Å². The van der Waals surface area contributed by atoms with E-state index in [0.717, 1.165) is 27.5 Å². The van der Waals surface area contributed by atoms with E-state index in [9.17, 15) is 4.79 Å². The van der Waals surface area contributed by atoms with Crippen LogP contribution in [0.5, 0.6) is 0 Å². The van der Waals surface area contributed by atoms with Crippen LogP contribution in [0.15, 0.2) is 60.7 Å². The van der Waals surface area contributed by atoms with Crippen molar-refractivity contribution in [3.63, 3.8) is 0 Å². The normalized spacial score (nSPS) is 11.9. The summed E-state index contributed by atoms with van der Waals surface area (Å²) in [5.41, 5.74) is 3.84. The van der Waals surface area contributed by atoms with Crippen molar-refractivity contribution in [2.75, 3.05) is 0 Å². The number of hydrogen-bond donors (Lipinski definition) is 0. The van der Waals surface area contributed by atoms with Gasteiger partial charge in [0.1, 0.15) is 0 Å². The molecule has 0 atom stereocenters. The van der Waals surface area contributed by atoms with Gasteiger partial charge < -0.3 is 5.48 Å². The van der Waals surface area contributed by atoms with E-state index in [-0.39, 0.29) is 11.3 Å². The predicted octanol–water partition coefficient (Wildman–Crippen LogP) is 3.23. The van der Waals surface area contributed by atoms with Gasteiger partial charge in [-0.15, -0.1) is 0 Å². The van der Waals surface area contributed by atoms with E-state index < -0.39 is 0 Å². The van der Waals surface area contributed by atoms with E-state index in [2.05, 4.69) is 18.2 Å². The Bertz CT molecular complexity index is 798. The molecule has 19 heavy (non-hydrogen) atoms. The highest BCUT2D eigenvalue weighted by Crippen LogP contribution is 2.38. The smallest absolute Gasteiger partial charge is 0.194 e. The molecule has 0 saturated heterocycles. The van der Waals surface area contributed by atoms with Gasteiger partial charge in [0.15, 0.2) is 5.78 Å². The SMILES string of the molecule is O.O=C1c2ccccc2-c2cccc3cccc1c23. The van der Waals surface area contributed by atoms with Crippen LogP contribution >= 0.6 is 0 Å². The summed E-state index contributed by atoms with van der Waals surface area (Å²) in [6.45, 7) is 0. The quantitative estimate of drug-likeness (QED) is 0.471. The van der Waals surface area contributed by atoms with E-state index in [4.69, 9.17) is 0 Å². The third kappa shape index (κ3) is 1.44. The molecule has 0 saturated carbocycles. The Labute approximate surface area is 110 Å². The van der Waals surface area contributed by atoms with Crippen molar-refractivity contribution in [3.05, 3.63) is 71.8 Å². The summed E-state index contributed by atoms with van der Waals surface area (Å²) in [4.78, 5) is 12.5. The minimum Gasteiger partial charge on any atom is -0.412 e. The molecule has 0 aromatic heterocycles. The van der Waals surface area contributed by atoms with Gasteiger partial charge in [0.2, 0.25) is 0 Å². The maximum Gasteiger partial charge on any atom is 0.194 e. The largest absolute Gasteiger partial charge is 0.412 e. The third-order valence-electron chi connectivity index (χ3n) is 3.61. The van der Waals surface area contributed by atoms with E-state index in [1.54, 1.807) is 0 Å². The molecular weight excluding hydrogens is 236 g/mol. The van der Waals surface area contributed by atoms with E-state index in [1.165, 1.54) is 5.56 Å². The summed E-state index contributed by atoms with van der Waals surface area (Å²) in [5, 5.41) is 2.22. The number of hydrogen-bond acceptors (Lipinski definition) is 1. The third-order valence-corrected chi connectivity index (χ3v) is 3.61. The first-order chi connectivity index (χ1) is 8.86. The monoisotopic (exact) mass is 248 g/mol. The standard InChI is InChI=1S/C17H10O.H2O/c18-17-14-8-2-1-7-12(14)13-9-3-5-11-6-4-10-15(17)16(11)13;/h1-10H;1H2. The Kier molecular flexibility index (Phi) is 2.47. The topological polar surface area (TPSA) is 48.6 Å². The molecule has 0 radical (unpaired) electrons. The van der Waals surface area contributed by atoms with Crippen molar-refractivity contribution in [2.45, 2.75) is 0 Å². The second-order valence-electron chi connectivity index (χ2n) is 4.58. The molecule has 0 aliphatic heterocycles. The fraction of sp³-hybridized carbons (Fsp3) is 0. The minimum absolute atomic E-state index is 0. The first-order valence-corrected chi connectivity index (χ1v) is 6.02. The molecule has 3 aromatic rings. The molecule has 0 bridgehead atoms. The second-order valence-corrected chi connectivity index (χ2v) is 4.58. The Morgan fingerprint density at radius 1 is 0.579 bits per heavy atom. The summed E-state index contributed by atoms with van der Waals surface area (Å²) < 4.78 is 0. The molecule has 2 N–H and O–H groups in total. The van der Waals surface area contributed by atoms with Crippen LogP contribution in [0.4, 0.5) is 0 Å². The minimum atomic E-state index is 0. The zero-order valence-corrected chi connectivity index (χ0v) is 10.2. The van der Waals surface area contributed by atoms with Gasteiger partial charge in [-0.3, -0.25) is 4.79 Å². The fourth-order valence-corrected chi connectivity index (χ4v) is 2.82. The molecule has 3 aromatic carbocycles. The number of fused-ring (bicyclic) bond motifs is 2. The Balaban J connectivity index is 0.00000110. The molecule has 2 heteroatoms. The first kappa shape index (κ1) is 11.6. The van der Waals surface area contributed by atoms with Crippen molar-refractivity contribution in [1.82, 2.24) is 0 Å². The zero-order chi connectivity index (χ0) is 12.1. The van der Waals surface area contributed by atoms with Crippen LogP contribution in [-0.4, -0.2) is 11.3 Å². The van der Waals surface area contributed by atoms with Crippen molar-refractivity contribution in [3.8, 4) is 11.1 Å². The van der Waals surface area contributed by atoms with E-state index in [1.807, 2.05) is 42.5 Å². The lowest BCUT2D eigenvalue weighted by Crippen LogP contribution is -2.09. The summed E-state index contributed by atoms with van der Waals surface area (Å²) in [6, 6.07) is 20.0. The summed E-state index contributed by atoms with van der Waals surface area (Å²) >= 11 is 0. The average Bonchev–Trinajstić information content (AvgIpc) is 2.44. The lowest BCUT2D eigenvalue weighted by Gasteiger charge is -2.19. The summed E-state index contributed by atoms with van der Waals surface area (Å²) in [5.74, 6) is 0.134. The lowest BCUT2D eigenvalue weighted by molar-refractivity contribution is 0.104. The molecule has 2 nitrogen and oxygen atoms in total. The van der Waals surface area contributed by atoms with Crippen molar-refractivity contribution >= 4 is 16.6 Å². The summed E-state index contributed by atoms with van der Waals surface area (Å²) in [6.07, 6.45) is 0. The Morgan fingerprint density at radius 2 is 1.16 bits per heavy atom. The van der Waals surface area contributed by atoms with Gasteiger partial charge in [-0.2, -0.15) is 0 Å². The number of benzene rings is 3. The zero-order valence-electron chi connectivity index (χ0n) is 10.2. The van der Waals surface area contributed by atoms with Crippen LogP contribution < -0.4 is 0 Å². The first-order valence-electron chi connectivity index (χ1n) is 6.02. The molecule has 92 valence electrons. The molecule has 0 spiro atoms. The molecule has 4 rings (SSSR count). The lowest BCUT2D eigenvalue weighted by atomic mass is 9.83. The number of rotatable bonds is 0. The molecule has 1 aliphatic rings. The molecule has 0 unspecified atom stereocenters. The number of ketones is 1. The van der Waals surface area contributed by atoms with Gasteiger partial charge in [0.05, 0.1) is 0 Å². The highest BCUT2D eigenvalue weighted by molar-refractivity contribution is 6.25. The van der Waals surface area contributed by atoms with Crippen LogP contribution in [0.2, 0.25) is 0 Å². The van der Waals surface area contributed by atoms with Crippen LogP contribution in [0, 0.1) is 0 Å². The predicted molar refractivity (Wildman–Crippen MR) is 76.4 cm³/mol. The van der Waals surface area contributed by atoms with Crippen molar-refractivity contribution in [1.29, 1.82) is 0 Å². The van der Waals surface area contributed by atoms with Crippen LogP contribution in [0.25, 0.3) is 21.9 Å². The molecule has 0 heterocycles. The van der Waals surface area contributed by atoms with Crippen LogP contribution in [0.1, 0.15) is 15.9 Å². The molecule has 1 aliphatic carbocycles. The van der Waals surface area contributed by atoms with Crippen LogP contribution in [-0.2, 0) is 0 Å². The van der Waals surface area contributed by atoms with Crippen molar-refractivity contribution < 1.29 is 10.3 Å². The van der Waals surface area contributed by atoms with Gasteiger partial charge in [-0.25, -0.2) is 0 Å². The molecular formula is C17H12O2. The second kappa shape index (κ2) is 4.04. The number of carbonyl (C=O) groups excluding carboxylic acids is 1. The van der Waals surface area contributed by atoms with Gasteiger partial charge >= 0.3 is 0 Å². The maximum atomic E-state index is 12.5. The maximum absolute atomic E-state index is 12.5. The van der Waals surface area contributed by atoms with Crippen LogP contribution in [0.3, 0.4) is 0 Å². The van der Waals surface area contributed by atoms with Gasteiger partial charge in [0, 0.05) is 16.5 Å². The Morgan fingerprint density at radius 3 is 1.89 bits per heavy atom.